The first-order valence-electron chi connectivity index (χ1n) is 10.7. The van der Waals surface area contributed by atoms with E-state index < -0.39 is 0 Å². The molecule has 0 radical (unpaired) electrons. The van der Waals surface area contributed by atoms with Crippen molar-refractivity contribution in [2.75, 3.05) is 0 Å². The molecule has 23 heavy (non-hydrogen) atoms. The van der Waals surface area contributed by atoms with Crippen molar-refractivity contribution in [3.8, 4) is 0 Å². The molecule has 140 valence electrons. The smallest absolute Gasteiger partial charge is 0.0321 e. The van der Waals surface area contributed by atoms with Gasteiger partial charge in [0.2, 0.25) is 0 Å². The van der Waals surface area contributed by atoms with Gasteiger partial charge in [-0.1, -0.05) is 101 Å². The van der Waals surface area contributed by atoms with Gasteiger partial charge in [0.25, 0.3) is 0 Å². The summed E-state index contributed by atoms with van der Waals surface area (Å²) in [6.45, 7) is 20.8. The molecule has 0 nitrogen and oxygen atoms in total. The first kappa shape index (κ1) is 23.0. The minimum atomic E-state index is 0.587. The molecule has 0 bridgehead atoms. The van der Waals surface area contributed by atoms with Crippen LogP contribution in [0.3, 0.4) is 0 Å². The first-order chi connectivity index (χ1) is 10.7. The van der Waals surface area contributed by atoms with Crippen molar-refractivity contribution in [1.82, 2.24) is 0 Å². The molecule has 0 heterocycles. The standard InChI is InChI=1S/C13H26.C8H16.C2H6/c1-6-11-8-12(3,4)10-13(5,7-2)9-11;1-7-3-5-8(2)6-4-7;1-2/h11H,6-10H2,1-5H3;7-8H,3-6H2,1-2H3;1-2H3. The highest BCUT2D eigenvalue weighted by Crippen LogP contribution is 2.50. The van der Waals surface area contributed by atoms with Gasteiger partial charge in [0.15, 0.2) is 0 Å². The van der Waals surface area contributed by atoms with Gasteiger partial charge in [-0.3, -0.25) is 0 Å². The Kier molecular flexibility index (Phi) is 10.8. The van der Waals surface area contributed by atoms with Crippen molar-refractivity contribution >= 4 is 0 Å². The molecule has 0 amide bonds. The molecule has 2 saturated carbocycles. The molecule has 2 atom stereocenters. The van der Waals surface area contributed by atoms with Crippen LogP contribution in [-0.4, -0.2) is 0 Å². The van der Waals surface area contributed by atoms with Crippen LogP contribution in [0, 0.1) is 28.6 Å². The fourth-order valence-corrected chi connectivity index (χ4v) is 4.83. The highest BCUT2D eigenvalue weighted by atomic mass is 14.4. The summed E-state index contributed by atoms with van der Waals surface area (Å²) in [6.07, 6.45) is 13.0. The van der Waals surface area contributed by atoms with Crippen molar-refractivity contribution in [3.05, 3.63) is 0 Å². The van der Waals surface area contributed by atoms with E-state index in [-0.39, 0.29) is 0 Å². The molecule has 2 aliphatic carbocycles. The van der Waals surface area contributed by atoms with Crippen LogP contribution in [-0.2, 0) is 0 Å². The van der Waals surface area contributed by atoms with E-state index in [2.05, 4.69) is 48.5 Å². The second-order valence-electron chi connectivity index (χ2n) is 9.55. The van der Waals surface area contributed by atoms with E-state index in [1.807, 2.05) is 13.8 Å². The normalized spacial score (nSPS) is 36.1. The fourth-order valence-electron chi connectivity index (χ4n) is 4.83. The first-order valence-corrected chi connectivity index (χ1v) is 10.7. The van der Waals surface area contributed by atoms with Crippen LogP contribution in [0.25, 0.3) is 0 Å². The predicted molar refractivity (Wildman–Crippen MR) is 108 cm³/mol. The zero-order valence-electron chi connectivity index (χ0n) is 18.1. The summed E-state index contributed by atoms with van der Waals surface area (Å²) in [5, 5.41) is 0. The SMILES string of the molecule is CC.CC1CCC(C)CC1.CCC1CC(C)(C)CC(C)(CC)C1. The van der Waals surface area contributed by atoms with Crippen molar-refractivity contribution in [3.63, 3.8) is 0 Å². The monoisotopic (exact) mass is 324 g/mol. The second kappa shape index (κ2) is 10.8. The minimum Gasteiger partial charge on any atom is -0.0683 e. The summed E-state index contributed by atoms with van der Waals surface area (Å²) in [6, 6.07) is 0. The summed E-state index contributed by atoms with van der Waals surface area (Å²) in [4.78, 5) is 0. The molecule has 0 aliphatic heterocycles. The Morgan fingerprint density at radius 2 is 1.22 bits per heavy atom. The topological polar surface area (TPSA) is 0 Å². The fraction of sp³-hybridized carbons (Fsp3) is 1.00. The number of rotatable bonds is 2. The van der Waals surface area contributed by atoms with Crippen LogP contribution in [0.4, 0.5) is 0 Å². The van der Waals surface area contributed by atoms with Gasteiger partial charge in [-0.2, -0.15) is 0 Å². The van der Waals surface area contributed by atoms with E-state index >= 15 is 0 Å². The van der Waals surface area contributed by atoms with E-state index in [1.165, 1.54) is 57.8 Å². The molecule has 0 aromatic heterocycles. The predicted octanol–water partition coefficient (Wildman–Crippen LogP) is 8.50. The Morgan fingerprint density at radius 1 is 0.783 bits per heavy atom. The van der Waals surface area contributed by atoms with E-state index in [1.54, 1.807) is 0 Å². The lowest BCUT2D eigenvalue weighted by Gasteiger charge is -2.46. The maximum atomic E-state index is 2.48. The van der Waals surface area contributed by atoms with Crippen molar-refractivity contribution in [1.29, 1.82) is 0 Å². The third-order valence-corrected chi connectivity index (χ3v) is 6.26. The molecule has 2 fully saturated rings. The molecule has 2 aliphatic rings. The van der Waals surface area contributed by atoms with Crippen LogP contribution < -0.4 is 0 Å². The van der Waals surface area contributed by atoms with Crippen LogP contribution in [0.15, 0.2) is 0 Å². The van der Waals surface area contributed by atoms with Crippen molar-refractivity contribution in [2.45, 2.75) is 120 Å². The molecule has 2 unspecified atom stereocenters. The highest BCUT2D eigenvalue weighted by Gasteiger charge is 2.39. The lowest BCUT2D eigenvalue weighted by Crippen LogP contribution is -2.35. The highest BCUT2D eigenvalue weighted by molar-refractivity contribution is 4.90. The summed E-state index contributed by atoms with van der Waals surface area (Å²) < 4.78 is 0. The minimum absolute atomic E-state index is 0.587. The second-order valence-corrected chi connectivity index (χ2v) is 9.55. The van der Waals surface area contributed by atoms with Crippen LogP contribution in [0.5, 0.6) is 0 Å². The van der Waals surface area contributed by atoms with Crippen LogP contribution >= 0.6 is 0 Å². The number of hydrogen-bond acceptors (Lipinski definition) is 0. The van der Waals surface area contributed by atoms with Crippen LogP contribution in [0.2, 0.25) is 0 Å². The van der Waals surface area contributed by atoms with Crippen molar-refractivity contribution in [2.24, 2.45) is 28.6 Å². The lowest BCUT2D eigenvalue weighted by atomic mass is 9.59. The maximum Gasteiger partial charge on any atom is -0.0321 e. The average Bonchev–Trinajstić information content (AvgIpc) is 2.51. The molecule has 0 saturated heterocycles. The molecule has 0 heteroatoms. The summed E-state index contributed by atoms with van der Waals surface area (Å²) >= 11 is 0. The van der Waals surface area contributed by atoms with E-state index in [4.69, 9.17) is 0 Å². The van der Waals surface area contributed by atoms with Gasteiger partial charge < -0.3 is 0 Å². The lowest BCUT2D eigenvalue weighted by molar-refractivity contribution is 0.0496. The molecular formula is C23H48. The molecule has 2 rings (SSSR count). The van der Waals surface area contributed by atoms with Gasteiger partial charge in [-0.25, -0.2) is 0 Å². The molecule has 0 N–H and O–H groups in total. The molecule has 0 spiro atoms. The van der Waals surface area contributed by atoms with Gasteiger partial charge >= 0.3 is 0 Å². The van der Waals surface area contributed by atoms with Gasteiger partial charge in [0.05, 0.1) is 0 Å². The Bertz CT molecular complexity index is 272. The Hall–Kier alpha value is 0. The third kappa shape index (κ3) is 9.16. The molecule has 0 aromatic rings. The van der Waals surface area contributed by atoms with Gasteiger partial charge in [0.1, 0.15) is 0 Å². The van der Waals surface area contributed by atoms with Gasteiger partial charge in [0, 0.05) is 0 Å². The van der Waals surface area contributed by atoms with Gasteiger partial charge in [-0.15, -0.1) is 0 Å². The average molecular weight is 325 g/mol. The number of hydrogen-bond donors (Lipinski definition) is 0. The Balaban J connectivity index is 0.000000414. The Labute approximate surface area is 149 Å². The zero-order valence-corrected chi connectivity index (χ0v) is 18.1. The van der Waals surface area contributed by atoms with E-state index in [0.29, 0.717) is 10.8 Å². The summed E-state index contributed by atoms with van der Waals surface area (Å²) in [5.74, 6) is 3.02. The van der Waals surface area contributed by atoms with E-state index in [9.17, 15) is 0 Å². The van der Waals surface area contributed by atoms with Crippen LogP contribution in [0.1, 0.15) is 120 Å². The van der Waals surface area contributed by atoms with Crippen molar-refractivity contribution < 1.29 is 0 Å². The molecular weight excluding hydrogens is 276 g/mol. The van der Waals surface area contributed by atoms with E-state index in [0.717, 1.165) is 17.8 Å². The third-order valence-electron chi connectivity index (χ3n) is 6.26. The summed E-state index contributed by atoms with van der Waals surface area (Å²) in [5.41, 5.74) is 1.21. The maximum absolute atomic E-state index is 2.48. The Morgan fingerprint density at radius 3 is 1.57 bits per heavy atom. The quantitative estimate of drug-likeness (QED) is 0.477. The molecule has 0 aromatic carbocycles. The zero-order chi connectivity index (χ0) is 18.1. The summed E-state index contributed by atoms with van der Waals surface area (Å²) in [7, 11) is 0. The van der Waals surface area contributed by atoms with Gasteiger partial charge in [-0.05, 0) is 47.8 Å². The largest absolute Gasteiger partial charge is 0.0683 e.